The van der Waals surface area contributed by atoms with E-state index in [1.807, 2.05) is 6.92 Å². The summed E-state index contributed by atoms with van der Waals surface area (Å²) in [5, 5.41) is 21.3. The van der Waals surface area contributed by atoms with Gasteiger partial charge in [-0.1, -0.05) is 25.5 Å². The highest BCUT2D eigenvalue weighted by atomic mass is 35.5. The van der Waals surface area contributed by atoms with Crippen molar-refractivity contribution in [2.75, 3.05) is 13.2 Å². The van der Waals surface area contributed by atoms with Gasteiger partial charge in [0.1, 0.15) is 12.8 Å². The molecule has 31 heavy (non-hydrogen) atoms. The first-order valence-electron chi connectivity index (χ1n) is 11.2. The molecule has 3 fully saturated rings. The molecule has 0 aliphatic heterocycles. The number of fused-ring (bicyclic) bond motifs is 5. The Bertz CT molecular complexity index is 844. The molecule has 0 spiro atoms. The second-order valence-corrected chi connectivity index (χ2v) is 10.9. The molecule has 3 saturated carbocycles. The standard InChI is InChI=1S/C24H32ClFO5/c1-4-9-31-20-11-17-16-6-5-14-10-15(28)7-8-21(14,2)23(16,25)18(26)12-22(17,3)24(20,30)19(29)13-27/h4,10,16-18,20,27,30H,1,5-9,11-13H2,2-3H3/t16-,17-,18-,20+,21-,22-,23-,24+/m0/s1. The van der Waals surface area contributed by atoms with Crippen LogP contribution >= 0.6 is 11.6 Å². The summed E-state index contributed by atoms with van der Waals surface area (Å²) in [7, 11) is 0. The van der Waals surface area contributed by atoms with E-state index in [0.717, 1.165) is 5.57 Å². The smallest absolute Gasteiger partial charge is 0.192 e. The van der Waals surface area contributed by atoms with Crippen LogP contribution in [-0.2, 0) is 14.3 Å². The molecule has 2 N–H and O–H groups in total. The van der Waals surface area contributed by atoms with Gasteiger partial charge in [0.25, 0.3) is 0 Å². The minimum atomic E-state index is -2.00. The highest BCUT2D eigenvalue weighted by Gasteiger charge is 2.76. The molecule has 0 aromatic heterocycles. The third-order valence-corrected chi connectivity index (χ3v) is 10.1. The second kappa shape index (κ2) is 7.47. The molecule has 172 valence electrons. The molecule has 4 aliphatic rings. The van der Waals surface area contributed by atoms with Gasteiger partial charge in [-0.3, -0.25) is 9.59 Å². The van der Waals surface area contributed by atoms with Gasteiger partial charge in [-0.15, -0.1) is 18.2 Å². The van der Waals surface area contributed by atoms with E-state index in [-0.39, 0.29) is 30.6 Å². The first-order chi connectivity index (χ1) is 14.5. The van der Waals surface area contributed by atoms with Crippen molar-refractivity contribution in [1.82, 2.24) is 0 Å². The molecule has 0 radical (unpaired) electrons. The van der Waals surface area contributed by atoms with Gasteiger partial charge in [-0.2, -0.15) is 0 Å². The zero-order valence-corrected chi connectivity index (χ0v) is 19.0. The molecule has 0 amide bonds. The fraction of sp³-hybridized carbons (Fsp3) is 0.750. The number of carbonyl (C=O) groups is 2. The number of ketones is 2. The van der Waals surface area contributed by atoms with Crippen LogP contribution in [0.3, 0.4) is 0 Å². The van der Waals surface area contributed by atoms with Crippen LogP contribution in [0.5, 0.6) is 0 Å². The highest BCUT2D eigenvalue weighted by Crippen LogP contribution is 2.71. The molecule has 4 rings (SSSR count). The molecule has 5 nitrogen and oxygen atoms in total. The second-order valence-electron chi connectivity index (χ2n) is 10.3. The number of rotatable bonds is 5. The third-order valence-electron chi connectivity index (χ3n) is 9.18. The summed E-state index contributed by atoms with van der Waals surface area (Å²) < 4.78 is 22.0. The minimum absolute atomic E-state index is 0.0592. The fourth-order valence-corrected chi connectivity index (χ4v) is 8.04. The van der Waals surface area contributed by atoms with Gasteiger partial charge < -0.3 is 14.9 Å². The van der Waals surface area contributed by atoms with Crippen molar-refractivity contribution in [1.29, 1.82) is 0 Å². The van der Waals surface area contributed by atoms with E-state index in [0.29, 0.717) is 32.1 Å². The average molecular weight is 455 g/mol. The van der Waals surface area contributed by atoms with E-state index in [1.54, 1.807) is 13.0 Å². The van der Waals surface area contributed by atoms with Gasteiger partial charge >= 0.3 is 0 Å². The predicted octanol–water partition coefficient (Wildman–Crippen LogP) is 3.30. The minimum Gasteiger partial charge on any atom is -0.388 e. The normalized spacial score (nSPS) is 49.0. The van der Waals surface area contributed by atoms with Crippen LogP contribution in [0.1, 0.15) is 52.4 Å². The lowest BCUT2D eigenvalue weighted by atomic mass is 9.45. The van der Waals surface area contributed by atoms with Crippen molar-refractivity contribution in [2.24, 2.45) is 22.7 Å². The molecule has 7 heteroatoms. The summed E-state index contributed by atoms with van der Waals surface area (Å²) in [6.07, 6.45) is 3.14. The van der Waals surface area contributed by atoms with Crippen molar-refractivity contribution < 1.29 is 28.9 Å². The van der Waals surface area contributed by atoms with E-state index >= 15 is 4.39 Å². The monoisotopic (exact) mass is 454 g/mol. The number of hydrogen-bond donors (Lipinski definition) is 2. The van der Waals surface area contributed by atoms with Gasteiger partial charge in [0.05, 0.1) is 17.6 Å². The number of aliphatic hydroxyl groups excluding tert-OH is 1. The quantitative estimate of drug-likeness (QED) is 0.492. The summed E-state index contributed by atoms with van der Waals surface area (Å²) >= 11 is 7.28. The van der Waals surface area contributed by atoms with Crippen LogP contribution in [0.15, 0.2) is 24.3 Å². The first kappa shape index (κ1) is 23.1. The Morgan fingerprint density at radius 1 is 1.39 bits per heavy atom. The van der Waals surface area contributed by atoms with Crippen molar-refractivity contribution in [3.05, 3.63) is 24.3 Å². The molecule has 0 bridgehead atoms. The summed E-state index contributed by atoms with van der Waals surface area (Å²) in [5.74, 6) is -1.24. The molecular weight excluding hydrogens is 423 g/mol. The van der Waals surface area contributed by atoms with E-state index in [1.165, 1.54) is 6.08 Å². The number of hydrogen-bond acceptors (Lipinski definition) is 5. The van der Waals surface area contributed by atoms with Crippen LogP contribution in [-0.4, -0.2) is 57.7 Å². The number of aliphatic hydroxyl groups is 2. The topological polar surface area (TPSA) is 83.8 Å². The first-order valence-corrected chi connectivity index (χ1v) is 11.5. The number of Topliss-reactive ketones (excluding diaryl/α,β-unsaturated/α-hetero) is 1. The SMILES string of the molecule is C=CCO[C@@H]1C[C@H]2[C@@H]3CCC4=CC(=O)CC[C@]4(C)[C@@]3(Cl)[C@@H](F)C[C@]2(C)[C@@]1(O)C(=O)CO. The Morgan fingerprint density at radius 2 is 2.10 bits per heavy atom. The maximum Gasteiger partial charge on any atom is 0.192 e. The van der Waals surface area contributed by atoms with Crippen molar-refractivity contribution >= 4 is 23.2 Å². The Kier molecular flexibility index (Phi) is 5.57. The highest BCUT2D eigenvalue weighted by molar-refractivity contribution is 6.26. The molecule has 0 heterocycles. The number of halogens is 2. The van der Waals surface area contributed by atoms with Crippen molar-refractivity contribution in [2.45, 2.75) is 75.1 Å². The van der Waals surface area contributed by atoms with Gasteiger partial charge in [0.15, 0.2) is 17.2 Å². The number of ether oxygens (including phenoxy) is 1. The Labute approximate surface area is 187 Å². The molecule has 0 aromatic rings. The van der Waals surface area contributed by atoms with Crippen LogP contribution in [0.4, 0.5) is 4.39 Å². The average Bonchev–Trinajstić information content (AvgIpc) is 2.95. The Balaban J connectivity index is 1.81. The molecular formula is C24H32ClFO5. The number of alkyl halides is 2. The zero-order chi connectivity index (χ0) is 22.8. The lowest BCUT2D eigenvalue weighted by Crippen LogP contribution is -2.69. The molecule has 0 aromatic carbocycles. The maximum atomic E-state index is 16.2. The summed E-state index contributed by atoms with van der Waals surface area (Å²) in [5.41, 5.74) is -2.87. The van der Waals surface area contributed by atoms with Gasteiger partial charge in [0, 0.05) is 17.3 Å². The lowest BCUT2D eigenvalue weighted by Gasteiger charge is -2.64. The van der Waals surface area contributed by atoms with Gasteiger partial charge in [0.2, 0.25) is 0 Å². The third kappa shape index (κ3) is 2.77. The van der Waals surface area contributed by atoms with E-state index in [4.69, 9.17) is 16.3 Å². The molecule has 8 atom stereocenters. The molecule has 0 saturated heterocycles. The van der Waals surface area contributed by atoms with Gasteiger partial charge in [-0.05, 0) is 50.0 Å². The molecule has 0 unspecified atom stereocenters. The lowest BCUT2D eigenvalue weighted by molar-refractivity contribution is -0.187. The van der Waals surface area contributed by atoms with E-state index in [9.17, 15) is 19.8 Å². The van der Waals surface area contributed by atoms with Crippen LogP contribution < -0.4 is 0 Å². The number of carbonyl (C=O) groups excluding carboxylic acids is 2. The Hall–Kier alpha value is -1.08. The summed E-state index contributed by atoms with van der Waals surface area (Å²) in [6, 6.07) is 0. The van der Waals surface area contributed by atoms with Crippen LogP contribution in [0, 0.1) is 22.7 Å². The Morgan fingerprint density at radius 3 is 2.74 bits per heavy atom. The number of allylic oxidation sites excluding steroid dienone is 1. The largest absolute Gasteiger partial charge is 0.388 e. The fourth-order valence-electron chi connectivity index (χ4n) is 7.49. The van der Waals surface area contributed by atoms with Crippen LogP contribution in [0.2, 0.25) is 0 Å². The van der Waals surface area contributed by atoms with Gasteiger partial charge in [-0.25, -0.2) is 4.39 Å². The van der Waals surface area contributed by atoms with Crippen molar-refractivity contribution in [3.63, 3.8) is 0 Å². The molecule has 4 aliphatic carbocycles. The summed E-state index contributed by atoms with van der Waals surface area (Å²) in [4.78, 5) is 23.7. The van der Waals surface area contributed by atoms with E-state index in [2.05, 4.69) is 6.58 Å². The zero-order valence-electron chi connectivity index (χ0n) is 18.2. The van der Waals surface area contributed by atoms with Crippen molar-refractivity contribution in [3.8, 4) is 0 Å². The summed E-state index contributed by atoms with van der Waals surface area (Å²) in [6.45, 7) is 6.63. The maximum absolute atomic E-state index is 16.2. The van der Waals surface area contributed by atoms with Crippen LogP contribution in [0.25, 0.3) is 0 Å². The van der Waals surface area contributed by atoms with E-state index < -0.39 is 46.0 Å². The predicted molar refractivity (Wildman–Crippen MR) is 114 cm³/mol.